The molecule has 1 saturated heterocycles. The van der Waals surface area contributed by atoms with E-state index in [0.717, 1.165) is 46.7 Å². The molecule has 0 aliphatic carbocycles. The third-order valence-electron chi connectivity index (χ3n) is 3.98. The minimum Gasteiger partial charge on any atom is -0.488 e. The topological polar surface area (TPSA) is 63.2 Å². The lowest BCUT2D eigenvalue weighted by Gasteiger charge is -2.35. The van der Waals surface area contributed by atoms with E-state index in [-0.39, 0.29) is 6.10 Å². The van der Waals surface area contributed by atoms with Crippen molar-refractivity contribution in [1.82, 2.24) is 19.9 Å². The normalized spacial score (nSPS) is 15.0. The highest BCUT2D eigenvalue weighted by Gasteiger charge is 2.24. The maximum Gasteiger partial charge on any atom is 0.188 e. The van der Waals surface area contributed by atoms with E-state index >= 15 is 0 Å². The summed E-state index contributed by atoms with van der Waals surface area (Å²) in [5.41, 5.74) is 2.80. The molecule has 3 aromatic rings. The summed E-state index contributed by atoms with van der Waals surface area (Å²) in [6.45, 7) is 3.97. The zero-order chi connectivity index (χ0) is 17.2. The third-order valence-corrected chi connectivity index (χ3v) is 4.74. The molecule has 4 heterocycles. The van der Waals surface area contributed by atoms with Crippen LogP contribution in [0, 0.1) is 6.92 Å². The lowest BCUT2D eigenvalue weighted by molar-refractivity contribution is 0.0388. The van der Waals surface area contributed by atoms with E-state index in [2.05, 4.69) is 32.2 Å². The second kappa shape index (κ2) is 6.78. The first-order valence-electron chi connectivity index (χ1n) is 8.12. The molecular formula is C18H19N5OS. The minimum atomic E-state index is 0.264. The van der Waals surface area contributed by atoms with E-state index < -0.39 is 0 Å². The van der Waals surface area contributed by atoms with Crippen molar-refractivity contribution in [3.63, 3.8) is 0 Å². The van der Waals surface area contributed by atoms with Crippen LogP contribution in [-0.4, -0.2) is 46.1 Å². The van der Waals surface area contributed by atoms with Gasteiger partial charge in [0.1, 0.15) is 23.4 Å². The fourth-order valence-electron chi connectivity index (χ4n) is 2.70. The van der Waals surface area contributed by atoms with Crippen LogP contribution in [-0.2, 0) is 0 Å². The molecule has 0 unspecified atom stereocenters. The Balaban J connectivity index is 1.48. The first-order chi connectivity index (χ1) is 12.2. The molecule has 1 aliphatic heterocycles. The standard InChI is InChI=1S/C18H19N5OS/c1-12-3-5-20-17(7-12)22-18-21-16(11-25-18)15-8-13(4-6-19-15)24-14-9-23(2)10-14/h3-8,11,14H,9-10H2,1-2H3,(H,20,21,22). The van der Waals surface area contributed by atoms with E-state index in [1.54, 1.807) is 12.4 Å². The predicted molar refractivity (Wildman–Crippen MR) is 99.5 cm³/mol. The second-order valence-corrected chi connectivity index (χ2v) is 7.08. The summed E-state index contributed by atoms with van der Waals surface area (Å²) in [4.78, 5) is 15.6. The molecule has 25 heavy (non-hydrogen) atoms. The maximum atomic E-state index is 5.97. The molecule has 0 saturated carbocycles. The first-order valence-corrected chi connectivity index (χ1v) is 9.00. The summed E-state index contributed by atoms with van der Waals surface area (Å²) in [6, 6.07) is 7.79. The van der Waals surface area contributed by atoms with Gasteiger partial charge in [-0.1, -0.05) is 0 Å². The molecule has 1 N–H and O–H groups in total. The quantitative estimate of drug-likeness (QED) is 0.759. The Morgan fingerprint density at radius 2 is 2.00 bits per heavy atom. The maximum absolute atomic E-state index is 5.97. The number of thiazole rings is 1. The molecule has 0 aromatic carbocycles. The van der Waals surface area contributed by atoms with Crippen molar-refractivity contribution >= 4 is 22.3 Å². The van der Waals surface area contributed by atoms with Gasteiger partial charge in [-0.3, -0.25) is 9.88 Å². The number of rotatable bonds is 5. The van der Waals surface area contributed by atoms with Crippen LogP contribution < -0.4 is 10.1 Å². The Morgan fingerprint density at radius 3 is 2.80 bits per heavy atom. The van der Waals surface area contributed by atoms with Gasteiger partial charge in [0.15, 0.2) is 5.13 Å². The Bertz CT molecular complexity index is 875. The number of hydrogen-bond acceptors (Lipinski definition) is 7. The molecule has 0 radical (unpaired) electrons. The van der Waals surface area contributed by atoms with E-state index in [1.165, 1.54) is 11.3 Å². The molecule has 0 atom stereocenters. The highest BCUT2D eigenvalue weighted by molar-refractivity contribution is 7.14. The van der Waals surface area contributed by atoms with E-state index in [4.69, 9.17) is 4.74 Å². The number of likely N-dealkylation sites (N-methyl/N-ethyl adjacent to an activating group) is 1. The summed E-state index contributed by atoms with van der Waals surface area (Å²) in [6.07, 6.45) is 3.81. The largest absolute Gasteiger partial charge is 0.488 e. The SMILES string of the molecule is Cc1ccnc(Nc2nc(-c3cc(OC4CN(C)C4)ccn3)cs2)c1. The summed E-state index contributed by atoms with van der Waals surface area (Å²) < 4.78 is 5.97. The number of pyridine rings is 2. The molecule has 7 heteroatoms. The summed E-state index contributed by atoms with van der Waals surface area (Å²) in [7, 11) is 2.09. The van der Waals surface area contributed by atoms with Gasteiger partial charge in [0.05, 0.1) is 5.69 Å². The van der Waals surface area contributed by atoms with Crippen molar-refractivity contribution in [3.05, 3.63) is 47.6 Å². The fraction of sp³-hybridized carbons (Fsp3) is 0.278. The van der Waals surface area contributed by atoms with Crippen LogP contribution in [0.5, 0.6) is 5.75 Å². The fourth-order valence-corrected chi connectivity index (χ4v) is 3.41. The van der Waals surface area contributed by atoms with Crippen molar-refractivity contribution in [2.45, 2.75) is 13.0 Å². The van der Waals surface area contributed by atoms with Crippen LogP contribution >= 0.6 is 11.3 Å². The van der Waals surface area contributed by atoms with Gasteiger partial charge >= 0.3 is 0 Å². The van der Waals surface area contributed by atoms with Gasteiger partial charge in [0.2, 0.25) is 0 Å². The van der Waals surface area contributed by atoms with Crippen molar-refractivity contribution < 1.29 is 4.74 Å². The highest BCUT2D eigenvalue weighted by Crippen LogP contribution is 2.28. The molecule has 0 amide bonds. The van der Waals surface area contributed by atoms with E-state index in [0.29, 0.717) is 0 Å². The van der Waals surface area contributed by atoms with E-state index in [1.807, 2.05) is 36.6 Å². The van der Waals surface area contributed by atoms with Gasteiger partial charge in [0.25, 0.3) is 0 Å². The Hall–Kier alpha value is -2.51. The summed E-state index contributed by atoms with van der Waals surface area (Å²) in [5.74, 6) is 1.63. The molecule has 0 spiro atoms. The number of ether oxygens (including phenoxy) is 1. The van der Waals surface area contributed by atoms with Gasteiger partial charge in [-0.2, -0.15) is 0 Å². The van der Waals surface area contributed by atoms with E-state index in [9.17, 15) is 0 Å². The average Bonchev–Trinajstić information content (AvgIpc) is 3.02. The molecule has 128 valence electrons. The molecule has 1 fully saturated rings. The molecule has 0 bridgehead atoms. The molecule has 3 aromatic heterocycles. The zero-order valence-electron chi connectivity index (χ0n) is 14.1. The number of anilines is 2. The third kappa shape index (κ3) is 3.78. The van der Waals surface area contributed by atoms with Gasteiger partial charge in [-0.15, -0.1) is 11.3 Å². The van der Waals surface area contributed by atoms with Crippen molar-refractivity contribution in [3.8, 4) is 17.1 Å². The summed E-state index contributed by atoms with van der Waals surface area (Å²) in [5, 5.41) is 6.02. The second-order valence-electron chi connectivity index (χ2n) is 6.22. The monoisotopic (exact) mass is 353 g/mol. The molecule has 1 aliphatic rings. The van der Waals surface area contributed by atoms with Crippen LogP contribution in [0.25, 0.3) is 11.4 Å². The van der Waals surface area contributed by atoms with Gasteiger partial charge < -0.3 is 10.1 Å². The number of nitrogens with zero attached hydrogens (tertiary/aromatic N) is 4. The number of nitrogens with one attached hydrogen (secondary N) is 1. The average molecular weight is 353 g/mol. The zero-order valence-corrected chi connectivity index (χ0v) is 15.0. The van der Waals surface area contributed by atoms with Crippen LogP contribution in [0.2, 0.25) is 0 Å². The van der Waals surface area contributed by atoms with Crippen LogP contribution in [0.4, 0.5) is 10.9 Å². The Kier molecular flexibility index (Phi) is 4.33. The Morgan fingerprint density at radius 1 is 1.16 bits per heavy atom. The predicted octanol–water partition coefficient (Wildman–Crippen LogP) is 3.34. The molecular weight excluding hydrogens is 334 g/mol. The van der Waals surface area contributed by atoms with Gasteiger partial charge in [-0.05, 0) is 37.7 Å². The van der Waals surface area contributed by atoms with Crippen molar-refractivity contribution in [2.75, 3.05) is 25.5 Å². The van der Waals surface area contributed by atoms with Crippen molar-refractivity contribution in [2.24, 2.45) is 0 Å². The number of aryl methyl sites for hydroxylation is 1. The van der Waals surface area contributed by atoms with Gasteiger partial charge in [0, 0.05) is 36.9 Å². The van der Waals surface area contributed by atoms with Gasteiger partial charge in [-0.25, -0.2) is 9.97 Å². The highest BCUT2D eigenvalue weighted by atomic mass is 32.1. The number of aromatic nitrogens is 3. The summed E-state index contributed by atoms with van der Waals surface area (Å²) >= 11 is 1.53. The Labute approximate surface area is 150 Å². The number of likely N-dealkylation sites (tertiary alicyclic amines) is 1. The smallest absolute Gasteiger partial charge is 0.188 e. The lowest BCUT2D eigenvalue weighted by atomic mass is 10.2. The molecule has 4 rings (SSSR count). The minimum absolute atomic E-state index is 0.264. The lowest BCUT2D eigenvalue weighted by Crippen LogP contribution is -2.51. The molecule has 6 nitrogen and oxygen atoms in total. The van der Waals surface area contributed by atoms with Crippen molar-refractivity contribution in [1.29, 1.82) is 0 Å². The van der Waals surface area contributed by atoms with Crippen LogP contribution in [0.1, 0.15) is 5.56 Å². The van der Waals surface area contributed by atoms with Crippen LogP contribution in [0.15, 0.2) is 42.0 Å². The first kappa shape index (κ1) is 16.0. The van der Waals surface area contributed by atoms with Crippen LogP contribution in [0.3, 0.4) is 0 Å². The number of hydrogen-bond donors (Lipinski definition) is 1.